The summed E-state index contributed by atoms with van der Waals surface area (Å²) in [7, 11) is 0. The lowest BCUT2D eigenvalue weighted by molar-refractivity contribution is 0.221. The molecule has 0 bridgehead atoms. The fourth-order valence-corrected chi connectivity index (χ4v) is 3.31. The largest absolute Gasteiger partial charge is 0.489 e. The van der Waals surface area contributed by atoms with Crippen molar-refractivity contribution in [1.29, 1.82) is 0 Å². The van der Waals surface area contributed by atoms with Crippen LogP contribution in [0.1, 0.15) is 38.7 Å². The van der Waals surface area contributed by atoms with Crippen molar-refractivity contribution in [2.24, 2.45) is 0 Å². The number of urea groups is 1. The van der Waals surface area contributed by atoms with E-state index >= 15 is 0 Å². The van der Waals surface area contributed by atoms with Crippen LogP contribution in [0.3, 0.4) is 0 Å². The summed E-state index contributed by atoms with van der Waals surface area (Å²) in [5, 5.41) is 5.96. The minimum atomic E-state index is -0.193. The van der Waals surface area contributed by atoms with Crippen molar-refractivity contribution in [3.63, 3.8) is 0 Å². The molecule has 4 heteroatoms. The maximum Gasteiger partial charge on any atom is 0.319 e. The van der Waals surface area contributed by atoms with Gasteiger partial charge in [-0.05, 0) is 44.4 Å². The molecule has 2 aromatic rings. The van der Waals surface area contributed by atoms with Crippen LogP contribution in [0, 0.1) is 0 Å². The number of rotatable bonds is 6. The fraction of sp³-hybridized carbons (Fsp3) is 0.381. The topological polar surface area (TPSA) is 50.4 Å². The van der Waals surface area contributed by atoms with Gasteiger partial charge in [0.05, 0.1) is 11.8 Å². The van der Waals surface area contributed by atoms with Crippen LogP contribution in [-0.4, -0.2) is 18.7 Å². The minimum absolute atomic E-state index is 0.0577. The Morgan fingerprint density at radius 1 is 1.08 bits per heavy atom. The molecule has 1 aliphatic carbocycles. The van der Waals surface area contributed by atoms with Crippen LogP contribution in [0.5, 0.6) is 5.75 Å². The number of anilines is 1. The number of nitrogens with one attached hydrogen (secondary N) is 2. The lowest BCUT2D eigenvalue weighted by Gasteiger charge is -2.42. The van der Waals surface area contributed by atoms with Crippen molar-refractivity contribution in [2.45, 2.75) is 44.6 Å². The summed E-state index contributed by atoms with van der Waals surface area (Å²) in [6, 6.07) is 17.8. The van der Waals surface area contributed by atoms with E-state index in [9.17, 15) is 4.79 Å². The molecule has 0 spiro atoms. The smallest absolute Gasteiger partial charge is 0.319 e. The number of hydrogen-bond acceptors (Lipinski definition) is 2. The maximum atomic E-state index is 12.4. The molecule has 132 valence electrons. The number of para-hydroxylation sites is 2. The highest BCUT2D eigenvalue weighted by Gasteiger charge is 2.38. The maximum absolute atomic E-state index is 12.4. The number of carbonyl (C=O) groups is 1. The molecule has 1 aliphatic rings. The minimum Gasteiger partial charge on any atom is -0.489 e. The Bertz CT molecular complexity index is 709. The van der Waals surface area contributed by atoms with E-state index in [1.54, 1.807) is 0 Å². The van der Waals surface area contributed by atoms with Crippen LogP contribution in [-0.2, 0) is 5.41 Å². The van der Waals surface area contributed by atoms with Crippen LogP contribution in [0.4, 0.5) is 10.5 Å². The molecule has 0 atom stereocenters. The second-order valence-corrected chi connectivity index (χ2v) is 6.97. The Morgan fingerprint density at radius 3 is 2.40 bits per heavy atom. The second-order valence-electron chi connectivity index (χ2n) is 6.97. The fourth-order valence-electron chi connectivity index (χ4n) is 3.31. The highest BCUT2D eigenvalue weighted by molar-refractivity contribution is 5.91. The predicted molar refractivity (Wildman–Crippen MR) is 101 cm³/mol. The number of amides is 2. The van der Waals surface area contributed by atoms with Gasteiger partial charge in [-0.25, -0.2) is 4.79 Å². The first-order chi connectivity index (χ1) is 12.1. The normalized spacial score (nSPS) is 15.3. The highest BCUT2D eigenvalue weighted by Crippen LogP contribution is 2.43. The zero-order valence-electron chi connectivity index (χ0n) is 14.9. The number of carbonyl (C=O) groups excluding carboxylic acids is 1. The van der Waals surface area contributed by atoms with Gasteiger partial charge < -0.3 is 15.4 Å². The number of benzene rings is 2. The van der Waals surface area contributed by atoms with Crippen molar-refractivity contribution < 1.29 is 9.53 Å². The Balaban J connectivity index is 1.62. The zero-order valence-corrected chi connectivity index (χ0v) is 14.9. The summed E-state index contributed by atoms with van der Waals surface area (Å²) < 4.78 is 5.75. The van der Waals surface area contributed by atoms with Crippen LogP contribution < -0.4 is 15.4 Å². The predicted octanol–water partition coefficient (Wildman–Crippen LogP) is 4.72. The van der Waals surface area contributed by atoms with Crippen LogP contribution in [0.15, 0.2) is 54.6 Å². The first-order valence-corrected chi connectivity index (χ1v) is 8.95. The van der Waals surface area contributed by atoms with Gasteiger partial charge in [0.15, 0.2) is 0 Å². The Morgan fingerprint density at radius 2 is 1.76 bits per heavy atom. The van der Waals surface area contributed by atoms with Gasteiger partial charge >= 0.3 is 6.03 Å². The third-order valence-corrected chi connectivity index (χ3v) is 4.78. The van der Waals surface area contributed by atoms with Gasteiger partial charge in [-0.15, -0.1) is 0 Å². The van der Waals surface area contributed by atoms with E-state index in [0.29, 0.717) is 18.0 Å². The van der Waals surface area contributed by atoms with E-state index in [0.717, 1.165) is 12.8 Å². The molecule has 1 fully saturated rings. The van der Waals surface area contributed by atoms with E-state index in [1.165, 1.54) is 12.0 Å². The Kier molecular flexibility index (Phi) is 5.27. The highest BCUT2D eigenvalue weighted by atomic mass is 16.5. The lowest BCUT2D eigenvalue weighted by atomic mass is 9.64. The van der Waals surface area contributed by atoms with Crippen molar-refractivity contribution >= 4 is 11.7 Å². The SMILES string of the molecule is CC(C)Oc1ccccc1NC(=O)NCC1(c2ccccc2)CCC1. The summed E-state index contributed by atoms with van der Waals surface area (Å²) in [6.07, 6.45) is 3.50. The molecular formula is C21H26N2O2. The first-order valence-electron chi connectivity index (χ1n) is 8.95. The van der Waals surface area contributed by atoms with Gasteiger partial charge in [-0.1, -0.05) is 48.9 Å². The van der Waals surface area contributed by atoms with E-state index in [-0.39, 0.29) is 17.6 Å². The molecule has 0 unspecified atom stereocenters. The summed E-state index contributed by atoms with van der Waals surface area (Å²) in [6.45, 7) is 4.59. The van der Waals surface area contributed by atoms with Gasteiger partial charge in [0, 0.05) is 12.0 Å². The Hall–Kier alpha value is -2.49. The van der Waals surface area contributed by atoms with Gasteiger partial charge in [-0.2, -0.15) is 0 Å². The standard InChI is InChI=1S/C21H26N2O2/c1-16(2)25-19-12-7-6-11-18(19)23-20(24)22-15-21(13-8-14-21)17-9-4-3-5-10-17/h3-7,9-12,16H,8,13-15H2,1-2H3,(H2,22,23,24). The summed E-state index contributed by atoms with van der Waals surface area (Å²) in [5.74, 6) is 0.689. The molecule has 25 heavy (non-hydrogen) atoms. The average Bonchev–Trinajstić information content (AvgIpc) is 2.56. The molecule has 2 N–H and O–H groups in total. The van der Waals surface area contributed by atoms with E-state index in [4.69, 9.17) is 4.74 Å². The van der Waals surface area contributed by atoms with Crippen LogP contribution in [0.25, 0.3) is 0 Å². The van der Waals surface area contributed by atoms with Crippen LogP contribution >= 0.6 is 0 Å². The molecule has 0 aromatic heterocycles. The molecule has 2 aromatic carbocycles. The zero-order chi connectivity index (χ0) is 17.7. The molecular weight excluding hydrogens is 312 g/mol. The van der Waals surface area contributed by atoms with Crippen molar-refractivity contribution in [1.82, 2.24) is 5.32 Å². The van der Waals surface area contributed by atoms with E-state index in [2.05, 4.69) is 34.9 Å². The van der Waals surface area contributed by atoms with Crippen molar-refractivity contribution in [3.8, 4) is 5.75 Å². The van der Waals surface area contributed by atoms with Gasteiger partial charge in [0.25, 0.3) is 0 Å². The lowest BCUT2D eigenvalue weighted by Crippen LogP contribution is -2.46. The number of hydrogen-bond donors (Lipinski definition) is 2. The monoisotopic (exact) mass is 338 g/mol. The van der Waals surface area contributed by atoms with Gasteiger partial charge in [0.1, 0.15) is 5.75 Å². The molecule has 0 heterocycles. The molecule has 0 aliphatic heterocycles. The van der Waals surface area contributed by atoms with Crippen LogP contribution in [0.2, 0.25) is 0 Å². The molecule has 1 saturated carbocycles. The third kappa shape index (κ3) is 4.13. The molecule has 4 nitrogen and oxygen atoms in total. The molecule has 0 radical (unpaired) electrons. The summed E-state index contributed by atoms with van der Waals surface area (Å²) >= 11 is 0. The average molecular weight is 338 g/mol. The van der Waals surface area contributed by atoms with Gasteiger partial charge in [0.2, 0.25) is 0 Å². The quantitative estimate of drug-likeness (QED) is 0.801. The van der Waals surface area contributed by atoms with E-state index in [1.807, 2.05) is 44.2 Å². The number of ether oxygens (including phenoxy) is 1. The molecule has 3 rings (SSSR count). The summed E-state index contributed by atoms with van der Waals surface area (Å²) in [4.78, 5) is 12.4. The van der Waals surface area contributed by atoms with Crippen molar-refractivity contribution in [3.05, 3.63) is 60.2 Å². The van der Waals surface area contributed by atoms with Crippen molar-refractivity contribution in [2.75, 3.05) is 11.9 Å². The second kappa shape index (κ2) is 7.60. The van der Waals surface area contributed by atoms with E-state index < -0.39 is 0 Å². The third-order valence-electron chi connectivity index (χ3n) is 4.78. The molecule has 2 amide bonds. The summed E-state index contributed by atoms with van der Waals surface area (Å²) in [5.41, 5.74) is 2.08. The molecule has 0 saturated heterocycles. The Labute approximate surface area is 149 Å². The van der Waals surface area contributed by atoms with Gasteiger partial charge in [-0.3, -0.25) is 0 Å². The first kappa shape index (κ1) is 17.3.